The summed E-state index contributed by atoms with van der Waals surface area (Å²) >= 11 is 0. The van der Waals surface area contributed by atoms with Crippen molar-refractivity contribution < 1.29 is 14.3 Å². The van der Waals surface area contributed by atoms with Gasteiger partial charge in [-0.15, -0.1) is 0 Å². The summed E-state index contributed by atoms with van der Waals surface area (Å²) < 4.78 is 10.3. The molecular formula is C13H20N2O3. The lowest BCUT2D eigenvalue weighted by molar-refractivity contribution is -0.119. The predicted molar refractivity (Wildman–Crippen MR) is 71.0 cm³/mol. The van der Waals surface area contributed by atoms with Gasteiger partial charge in [0, 0.05) is 25.4 Å². The molecule has 1 rings (SSSR count). The van der Waals surface area contributed by atoms with E-state index in [0.29, 0.717) is 12.3 Å². The van der Waals surface area contributed by atoms with E-state index in [0.717, 1.165) is 12.3 Å². The van der Waals surface area contributed by atoms with Crippen LogP contribution < -0.4 is 10.1 Å². The number of anilines is 1. The molecule has 0 unspecified atom stereocenters. The molecule has 0 bridgehead atoms. The molecule has 0 fully saturated rings. The summed E-state index contributed by atoms with van der Waals surface area (Å²) in [5.41, 5.74) is 0.708. The summed E-state index contributed by atoms with van der Waals surface area (Å²) in [5, 5.41) is 2.73. The molecule has 0 saturated carbocycles. The van der Waals surface area contributed by atoms with E-state index >= 15 is 0 Å². The Bertz CT molecular complexity index is 380. The average molecular weight is 252 g/mol. The van der Waals surface area contributed by atoms with E-state index < -0.39 is 0 Å². The van der Waals surface area contributed by atoms with Crippen LogP contribution in [0.25, 0.3) is 0 Å². The van der Waals surface area contributed by atoms with E-state index in [1.807, 2.05) is 37.2 Å². The van der Waals surface area contributed by atoms with Crippen molar-refractivity contribution in [3.05, 3.63) is 24.3 Å². The number of nitrogens with zero attached hydrogens (tertiary/aromatic N) is 1. The maximum Gasteiger partial charge on any atom is 0.250 e. The number of hydrogen-bond donors (Lipinski definition) is 1. The van der Waals surface area contributed by atoms with Crippen molar-refractivity contribution in [1.29, 1.82) is 0 Å². The predicted octanol–water partition coefficient (Wildman–Crippen LogP) is 1.21. The van der Waals surface area contributed by atoms with Gasteiger partial charge in [0.2, 0.25) is 5.91 Å². The third kappa shape index (κ3) is 5.65. The maximum atomic E-state index is 11.3. The number of ether oxygens (including phenoxy) is 2. The summed E-state index contributed by atoms with van der Waals surface area (Å²) in [6.45, 7) is 1.51. The number of nitrogens with one attached hydrogen (secondary N) is 1. The van der Waals surface area contributed by atoms with Gasteiger partial charge in [0.25, 0.3) is 0 Å². The van der Waals surface area contributed by atoms with Gasteiger partial charge >= 0.3 is 0 Å². The minimum absolute atomic E-state index is 0.0473. The van der Waals surface area contributed by atoms with Gasteiger partial charge in [-0.1, -0.05) is 6.07 Å². The summed E-state index contributed by atoms with van der Waals surface area (Å²) in [7, 11) is 5.47. The Hall–Kier alpha value is -1.59. The van der Waals surface area contributed by atoms with E-state index in [2.05, 4.69) is 5.32 Å². The van der Waals surface area contributed by atoms with Crippen LogP contribution in [-0.2, 0) is 9.53 Å². The second-order valence-corrected chi connectivity index (χ2v) is 4.16. The highest BCUT2D eigenvalue weighted by Crippen LogP contribution is 2.17. The van der Waals surface area contributed by atoms with Crippen LogP contribution in [0.15, 0.2) is 24.3 Å². The first kappa shape index (κ1) is 14.5. The number of carbonyl (C=O) groups excluding carboxylic acids is 1. The van der Waals surface area contributed by atoms with Gasteiger partial charge in [0.05, 0.1) is 0 Å². The number of amides is 1. The number of hydrogen-bond acceptors (Lipinski definition) is 4. The molecule has 1 amide bonds. The molecule has 100 valence electrons. The van der Waals surface area contributed by atoms with Crippen LogP contribution in [-0.4, -0.2) is 51.8 Å². The Kier molecular flexibility index (Phi) is 6.18. The number of carbonyl (C=O) groups is 1. The lowest BCUT2D eigenvalue weighted by Crippen LogP contribution is -2.19. The first-order valence-electron chi connectivity index (χ1n) is 5.78. The molecular weight excluding hydrogens is 232 g/mol. The Balaban J connectivity index is 2.48. The molecule has 0 atom stereocenters. The first-order chi connectivity index (χ1) is 8.61. The Morgan fingerprint density at radius 2 is 2.17 bits per heavy atom. The first-order valence-corrected chi connectivity index (χ1v) is 5.78. The summed E-state index contributed by atoms with van der Waals surface area (Å²) in [6.07, 6.45) is 0. The Labute approximate surface area is 108 Å². The molecule has 0 aliphatic rings. The normalized spacial score (nSPS) is 10.4. The monoisotopic (exact) mass is 252 g/mol. The third-order valence-corrected chi connectivity index (χ3v) is 2.20. The minimum atomic E-state index is -0.178. The van der Waals surface area contributed by atoms with E-state index in [4.69, 9.17) is 9.47 Å². The standard InChI is InChI=1S/C13H20N2O3/c1-15(2)7-8-18-12-6-4-5-11(9-12)14-13(16)10-17-3/h4-6,9H,7-8,10H2,1-3H3,(H,14,16). The lowest BCUT2D eigenvalue weighted by Gasteiger charge is -2.12. The molecule has 0 aliphatic heterocycles. The largest absolute Gasteiger partial charge is 0.492 e. The van der Waals surface area contributed by atoms with Crippen LogP contribution in [0, 0.1) is 0 Å². The fourth-order valence-corrected chi connectivity index (χ4v) is 1.34. The molecule has 5 heteroatoms. The van der Waals surface area contributed by atoms with E-state index in [1.165, 1.54) is 7.11 Å². The van der Waals surface area contributed by atoms with Crippen molar-refractivity contribution in [2.24, 2.45) is 0 Å². The van der Waals surface area contributed by atoms with Crippen molar-refractivity contribution in [1.82, 2.24) is 4.90 Å². The van der Waals surface area contributed by atoms with Gasteiger partial charge in [-0.2, -0.15) is 0 Å². The quantitative estimate of drug-likeness (QED) is 0.792. The molecule has 0 spiro atoms. The van der Waals surface area contributed by atoms with Gasteiger partial charge in [0.1, 0.15) is 19.0 Å². The molecule has 1 aromatic rings. The summed E-state index contributed by atoms with van der Waals surface area (Å²) in [5.74, 6) is 0.565. The zero-order valence-corrected chi connectivity index (χ0v) is 11.1. The van der Waals surface area contributed by atoms with E-state index in [1.54, 1.807) is 6.07 Å². The smallest absolute Gasteiger partial charge is 0.250 e. The Morgan fingerprint density at radius 1 is 1.39 bits per heavy atom. The topological polar surface area (TPSA) is 50.8 Å². The van der Waals surface area contributed by atoms with Gasteiger partial charge in [-0.3, -0.25) is 4.79 Å². The van der Waals surface area contributed by atoms with Crippen molar-refractivity contribution >= 4 is 11.6 Å². The highest BCUT2D eigenvalue weighted by Gasteiger charge is 2.02. The van der Waals surface area contributed by atoms with Crippen LogP contribution in [0.3, 0.4) is 0 Å². The molecule has 0 heterocycles. The van der Waals surface area contributed by atoms with Crippen LogP contribution in [0.2, 0.25) is 0 Å². The van der Waals surface area contributed by atoms with Crippen molar-refractivity contribution in [3.63, 3.8) is 0 Å². The summed E-state index contributed by atoms with van der Waals surface area (Å²) in [4.78, 5) is 13.4. The second-order valence-electron chi connectivity index (χ2n) is 4.16. The second kappa shape index (κ2) is 7.68. The molecule has 18 heavy (non-hydrogen) atoms. The van der Waals surface area contributed by atoms with Crippen LogP contribution in [0.4, 0.5) is 5.69 Å². The molecule has 0 radical (unpaired) electrons. The molecule has 0 saturated heterocycles. The van der Waals surface area contributed by atoms with Gasteiger partial charge in [-0.25, -0.2) is 0 Å². The number of likely N-dealkylation sites (N-methyl/N-ethyl adjacent to an activating group) is 1. The van der Waals surface area contributed by atoms with Gasteiger partial charge < -0.3 is 19.7 Å². The molecule has 1 N–H and O–H groups in total. The molecule has 5 nitrogen and oxygen atoms in total. The SMILES string of the molecule is COCC(=O)Nc1cccc(OCCN(C)C)c1. The van der Waals surface area contributed by atoms with Crippen molar-refractivity contribution in [3.8, 4) is 5.75 Å². The van der Waals surface area contributed by atoms with E-state index in [9.17, 15) is 4.79 Å². The Morgan fingerprint density at radius 3 is 2.83 bits per heavy atom. The molecule has 0 aliphatic carbocycles. The number of rotatable bonds is 7. The van der Waals surface area contributed by atoms with Gasteiger partial charge in [0.15, 0.2) is 0 Å². The number of benzene rings is 1. The maximum absolute atomic E-state index is 11.3. The van der Waals surface area contributed by atoms with Gasteiger partial charge in [-0.05, 0) is 26.2 Å². The zero-order chi connectivity index (χ0) is 13.4. The number of methoxy groups -OCH3 is 1. The fourth-order valence-electron chi connectivity index (χ4n) is 1.34. The van der Waals surface area contributed by atoms with Crippen molar-refractivity contribution in [2.75, 3.05) is 46.3 Å². The fraction of sp³-hybridized carbons (Fsp3) is 0.462. The van der Waals surface area contributed by atoms with Crippen molar-refractivity contribution in [2.45, 2.75) is 0 Å². The molecule has 0 aromatic heterocycles. The third-order valence-electron chi connectivity index (χ3n) is 2.20. The van der Waals surface area contributed by atoms with E-state index in [-0.39, 0.29) is 12.5 Å². The molecule has 1 aromatic carbocycles. The highest BCUT2D eigenvalue weighted by molar-refractivity contribution is 5.91. The van der Waals surface area contributed by atoms with Crippen LogP contribution in [0.1, 0.15) is 0 Å². The van der Waals surface area contributed by atoms with Crippen LogP contribution >= 0.6 is 0 Å². The summed E-state index contributed by atoms with van der Waals surface area (Å²) in [6, 6.07) is 7.31. The highest BCUT2D eigenvalue weighted by atomic mass is 16.5. The average Bonchev–Trinajstić information content (AvgIpc) is 2.29. The zero-order valence-electron chi connectivity index (χ0n) is 11.1. The van der Waals surface area contributed by atoms with Crippen LogP contribution in [0.5, 0.6) is 5.75 Å². The minimum Gasteiger partial charge on any atom is -0.492 e. The lowest BCUT2D eigenvalue weighted by atomic mass is 10.3.